The number of hydrogen-bond acceptors (Lipinski definition) is 3. The lowest BCUT2D eigenvalue weighted by Crippen LogP contribution is -2.02. The second-order valence-corrected chi connectivity index (χ2v) is 7.21. The number of carboxylic acids is 1. The van der Waals surface area contributed by atoms with Crippen molar-refractivity contribution in [2.75, 3.05) is 5.32 Å². The van der Waals surface area contributed by atoms with Gasteiger partial charge in [0.2, 0.25) is 0 Å². The highest BCUT2D eigenvalue weighted by molar-refractivity contribution is 9.10. The number of carbonyl (C=O) groups is 1. The molecule has 0 amide bonds. The van der Waals surface area contributed by atoms with E-state index in [4.69, 9.17) is 21.4 Å². The largest absolute Gasteiger partial charge is 0.488 e. The second-order valence-electron chi connectivity index (χ2n) is 5.92. The van der Waals surface area contributed by atoms with Crippen LogP contribution in [0.15, 0.2) is 71.2 Å². The van der Waals surface area contributed by atoms with Crippen LogP contribution in [0.25, 0.3) is 0 Å². The van der Waals surface area contributed by atoms with Gasteiger partial charge in [-0.2, -0.15) is 0 Å². The molecule has 0 aromatic heterocycles. The molecule has 0 saturated carbocycles. The number of aromatic carboxylic acids is 1. The van der Waals surface area contributed by atoms with E-state index < -0.39 is 5.97 Å². The molecule has 0 fully saturated rings. The third-order valence-corrected chi connectivity index (χ3v) is 4.78. The summed E-state index contributed by atoms with van der Waals surface area (Å²) in [6.45, 7) is 1.02. The van der Waals surface area contributed by atoms with Crippen LogP contribution in [0, 0.1) is 0 Å². The lowest BCUT2D eigenvalue weighted by molar-refractivity contribution is 0.0697. The average molecular weight is 447 g/mol. The summed E-state index contributed by atoms with van der Waals surface area (Å²) in [6, 6.07) is 20.1. The molecule has 0 unspecified atom stereocenters. The maximum absolute atomic E-state index is 11.0. The molecular weight excluding hydrogens is 430 g/mol. The molecule has 0 saturated heterocycles. The highest BCUT2D eigenvalue weighted by atomic mass is 79.9. The molecule has 3 aromatic carbocycles. The molecule has 0 spiro atoms. The van der Waals surface area contributed by atoms with E-state index in [9.17, 15) is 4.79 Å². The Morgan fingerprint density at radius 3 is 2.48 bits per heavy atom. The first-order valence-corrected chi connectivity index (χ1v) is 9.41. The van der Waals surface area contributed by atoms with Gasteiger partial charge in [-0.05, 0) is 69.5 Å². The van der Waals surface area contributed by atoms with E-state index in [1.165, 1.54) is 0 Å². The van der Waals surface area contributed by atoms with Crippen LogP contribution < -0.4 is 10.1 Å². The van der Waals surface area contributed by atoms with E-state index in [1.807, 2.05) is 48.5 Å². The number of hydrogen-bond donors (Lipinski definition) is 2. The number of anilines is 1. The van der Waals surface area contributed by atoms with Crippen molar-refractivity contribution in [1.82, 2.24) is 0 Å². The van der Waals surface area contributed by atoms with Crippen molar-refractivity contribution >= 4 is 39.2 Å². The minimum Gasteiger partial charge on any atom is -0.488 e. The topological polar surface area (TPSA) is 58.6 Å². The minimum absolute atomic E-state index is 0.257. The van der Waals surface area contributed by atoms with Gasteiger partial charge >= 0.3 is 5.97 Å². The highest BCUT2D eigenvalue weighted by Gasteiger charge is 2.06. The van der Waals surface area contributed by atoms with Crippen LogP contribution in [-0.2, 0) is 13.2 Å². The summed E-state index contributed by atoms with van der Waals surface area (Å²) in [6.07, 6.45) is 0. The van der Waals surface area contributed by atoms with Gasteiger partial charge in [0, 0.05) is 17.3 Å². The van der Waals surface area contributed by atoms with Crippen LogP contribution in [0.3, 0.4) is 0 Å². The Balaban J connectivity index is 1.60. The van der Waals surface area contributed by atoms with Gasteiger partial charge in [0.1, 0.15) is 12.4 Å². The Hall–Kier alpha value is -2.50. The number of halogens is 2. The summed E-state index contributed by atoms with van der Waals surface area (Å²) >= 11 is 9.42. The van der Waals surface area contributed by atoms with E-state index >= 15 is 0 Å². The van der Waals surface area contributed by atoms with Crippen molar-refractivity contribution < 1.29 is 14.6 Å². The van der Waals surface area contributed by atoms with E-state index in [1.54, 1.807) is 18.2 Å². The average Bonchev–Trinajstić information content (AvgIpc) is 2.67. The third-order valence-electron chi connectivity index (χ3n) is 3.91. The van der Waals surface area contributed by atoms with E-state index in [0.29, 0.717) is 18.2 Å². The number of benzene rings is 3. The van der Waals surface area contributed by atoms with Crippen LogP contribution >= 0.6 is 27.5 Å². The zero-order chi connectivity index (χ0) is 19.2. The van der Waals surface area contributed by atoms with Crippen LogP contribution in [0.4, 0.5) is 5.69 Å². The molecule has 0 radical (unpaired) electrons. The summed E-state index contributed by atoms with van der Waals surface area (Å²) in [5, 5.41) is 13.0. The maximum atomic E-state index is 11.0. The van der Waals surface area contributed by atoms with Crippen molar-refractivity contribution in [2.24, 2.45) is 0 Å². The monoisotopic (exact) mass is 445 g/mol. The Bertz CT molecular complexity index is 944. The Morgan fingerprint density at radius 2 is 1.78 bits per heavy atom. The summed E-state index contributed by atoms with van der Waals surface area (Å²) < 4.78 is 6.70. The smallest absolute Gasteiger partial charge is 0.335 e. The fraction of sp³-hybridized carbons (Fsp3) is 0.0952. The van der Waals surface area contributed by atoms with Crippen LogP contribution in [0.1, 0.15) is 21.5 Å². The van der Waals surface area contributed by atoms with Gasteiger partial charge in [-0.25, -0.2) is 4.79 Å². The van der Waals surface area contributed by atoms with E-state index in [2.05, 4.69) is 21.2 Å². The van der Waals surface area contributed by atoms with Gasteiger partial charge < -0.3 is 15.2 Å². The second kappa shape index (κ2) is 8.93. The zero-order valence-electron chi connectivity index (χ0n) is 14.3. The number of nitrogens with one attached hydrogen (secondary N) is 1. The van der Waals surface area contributed by atoms with Gasteiger partial charge in [0.15, 0.2) is 0 Å². The fourth-order valence-corrected chi connectivity index (χ4v) is 3.15. The summed E-state index contributed by atoms with van der Waals surface area (Å²) in [7, 11) is 0. The molecule has 0 bridgehead atoms. The third kappa shape index (κ3) is 5.49. The molecule has 27 heavy (non-hydrogen) atoms. The molecule has 0 aliphatic carbocycles. The van der Waals surface area contributed by atoms with Gasteiger partial charge in [-0.1, -0.05) is 35.9 Å². The van der Waals surface area contributed by atoms with Crippen LogP contribution in [-0.4, -0.2) is 11.1 Å². The number of rotatable bonds is 7. The quantitative estimate of drug-likeness (QED) is 0.468. The van der Waals surface area contributed by atoms with Crippen LogP contribution in [0.2, 0.25) is 5.02 Å². The SMILES string of the molecule is O=C(O)c1cccc(NCc2ccc(OCc3ccc(Cl)cc3)c(Br)c2)c1. The van der Waals surface area contributed by atoms with Gasteiger partial charge in [-0.3, -0.25) is 0 Å². The van der Waals surface area contributed by atoms with Crippen molar-refractivity contribution in [2.45, 2.75) is 13.2 Å². The fourth-order valence-electron chi connectivity index (χ4n) is 2.48. The predicted molar refractivity (Wildman–Crippen MR) is 111 cm³/mol. The molecule has 138 valence electrons. The summed E-state index contributed by atoms with van der Waals surface area (Å²) in [4.78, 5) is 11.0. The Kier molecular flexibility index (Phi) is 6.37. The van der Waals surface area contributed by atoms with Crippen molar-refractivity contribution in [3.8, 4) is 5.75 Å². The lowest BCUT2D eigenvalue weighted by atomic mass is 10.2. The Morgan fingerprint density at radius 1 is 1.04 bits per heavy atom. The van der Waals surface area contributed by atoms with E-state index in [0.717, 1.165) is 27.0 Å². The summed E-state index contributed by atoms with van der Waals surface area (Å²) in [5.74, 6) is -0.190. The Labute approximate surface area is 170 Å². The molecule has 3 rings (SSSR count). The van der Waals surface area contributed by atoms with Gasteiger partial charge in [-0.15, -0.1) is 0 Å². The maximum Gasteiger partial charge on any atom is 0.335 e. The zero-order valence-corrected chi connectivity index (χ0v) is 16.6. The normalized spacial score (nSPS) is 10.4. The highest BCUT2D eigenvalue weighted by Crippen LogP contribution is 2.27. The molecule has 2 N–H and O–H groups in total. The number of ether oxygens (including phenoxy) is 1. The molecule has 0 aliphatic heterocycles. The summed E-state index contributed by atoms with van der Waals surface area (Å²) in [5.41, 5.74) is 3.10. The lowest BCUT2D eigenvalue weighted by Gasteiger charge is -2.11. The first-order valence-electron chi connectivity index (χ1n) is 8.24. The van der Waals surface area contributed by atoms with Crippen molar-refractivity contribution in [3.63, 3.8) is 0 Å². The predicted octanol–water partition coefficient (Wildman–Crippen LogP) is 5.99. The van der Waals surface area contributed by atoms with Crippen molar-refractivity contribution in [3.05, 3.63) is 92.9 Å². The molecule has 6 heteroatoms. The molecule has 4 nitrogen and oxygen atoms in total. The molecule has 0 heterocycles. The molecule has 3 aromatic rings. The van der Waals surface area contributed by atoms with Gasteiger partial charge in [0.25, 0.3) is 0 Å². The standard InChI is InChI=1S/C21H17BrClNO3/c22-19-10-15(12-24-18-3-1-2-16(11-18)21(25)26)6-9-20(19)27-13-14-4-7-17(23)8-5-14/h1-11,24H,12-13H2,(H,25,26). The van der Waals surface area contributed by atoms with Crippen LogP contribution in [0.5, 0.6) is 5.75 Å². The first-order chi connectivity index (χ1) is 13.0. The van der Waals surface area contributed by atoms with E-state index in [-0.39, 0.29) is 5.56 Å². The first kappa shape index (κ1) is 19.3. The molecule has 0 aliphatic rings. The number of carboxylic acid groups (broad SMARTS) is 1. The molecule has 0 atom stereocenters. The minimum atomic E-state index is -0.941. The van der Waals surface area contributed by atoms with Crippen molar-refractivity contribution in [1.29, 1.82) is 0 Å². The van der Waals surface area contributed by atoms with Gasteiger partial charge in [0.05, 0.1) is 10.0 Å². The molecular formula is C21H17BrClNO3.